The highest BCUT2D eigenvalue weighted by atomic mass is 35.5. The minimum absolute atomic E-state index is 0.100. The van der Waals surface area contributed by atoms with Gasteiger partial charge in [-0.2, -0.15) is 0 Å². The number of hydrazine groups is 1. The monoisotopic (exact) mass is 397 g/mol. The highest BCUT2D eigenvalue weighted by Crippen LogP contribution is 2.27. The highest BCUT2D eigenvalue weighted by Gasteiger charge is 2.17. The van der Waals surface area contributed by atoms with E-state index in [1.165, 1.54) is 6.33 Å². The number of hydrogen-bond donors (Lipinski definition) is 3. The van der Waals surface area contributed by atoms with Gasteiger partial charge in [0.15, 0.2) is 11.0 Å². The van der Waals surface area contributed by atoms with Gasteiger partial charge in [0.05, 0.1) is 12.6 Å². The molecule has 0 radical (unpaired) electrons. The lowest BCUT2D eigenvalue weighted by molar-refractivity contribution is 0.168. The molecule has 0 saturated heterocycles. The first kappa shape index (κ1) is 19.6. The van der Waals surface area contributed by atoms with Crippen LogP contribution in [0.3, 0.4) is 0 Å². The van der Waals surface area contributed by atoms with Gasteiger partial charge in [-0.25, -0.2) is 20.2 Å². The molecule has 28 heavy (non-hydrogen) atoms. The predicted molar refractivity (Wildman–Crippen MR) is 109 cm³/mol. The summed E-state index contributed by atoms with van der Waals surface area (Å²) in [5, 5.41) is 2.66. The summed E-state index contributed by atoms with van der Waals surface area (Å²) in [6, 6.07) is 19.8. The van der Waals surface area contributed by atoms with E-state index in [4.69, 9.17) is 16.3 Å². The van der Waals surface area contributed by atoms with Crippen LogP contribution in [0.5, 0.6) is 0 Å². The van der Waals surface area contributed by atoms with Crippen molar-refractivity contribution in [3.05, 3.63) is 83.3 Å². The zero-order valence-corrected chi connectivity index (χ0v) is 16.0. The average molecular weight is 398 g/mol. The molecule has 3 N–H and O–H groups in total. The number of rotatable bonds is 7. The summed E-state index contributed by atoms with van der Waals surface area (Å²) in [4.78, 5) is 19.9. The molecule has 144 valence electrons. The fourth-order valence-electron chi connectivity index (χ4n) is 2.63. The lowest BCUT2D eigenvalue weighted by Gasteiger charge is -2.21. The Morgan fingerprint density at radius 2 is 1.64 bits per heavy atom. The van der Waals surface area contributed by atoms with Crippen LogP contribution < -0.4 is 16.2 Å². The Morgan fingerprint density at radius 3 is 2.21 bits per heavy atom. The zero-order chi connectivity index (χ0) is 19.8. The molecule has 0 aliphatic rings. The molecule has 1 aromatic heterocycles. The Balaban J connectivity index is 1.84. The van der Waals surface area contributed by atoms with E-state index in [2.05, 4.69) is 26.1 Å². The zero-order valence-electron chi connectivity index (χ0n) is 15.2. The number of ether oxygens (including phenoxy) is 1. The predicted octanol–water partition coefficient (Wildman–Crippen LogP) is 4.40. The van der Waals surface area contributed by atoms with E-state index < -0.39 is 6.09 Å². The van der Waals surface area contributed by atoms with Crippen LogP contribution in [-0.4, -0.2) is 22.7 Å². The summed E-state index contributed by atoms with van der Waals surface area (Å²) in [7, 11) is 0. The molecule has 0 bridgehead atoms. The number of hydrogen-bond acceptors (Lipinski definition) is 6. The standard InChI is InChI=1S/C20H20ClN5O2/c1-2-28-20(27)24-17-18(21)22-13-23-19(17)26-25-16(14-9-5-3-6-10-14)15-11-7-4-8-12-15/h3-13,16,25H,2H2,1H3,(H,24,27)(H,22,23,26). The van der Waals surface area contributed by atoms with Crippen LogP contribution in [0, 0.1) is 0 Å². The molecule has 3 aromatic rings. The first-order chi connectivity index (χ1) is 13.7. The molecule has 0 fully saturated rings. The van der Waals surface area contributed by atoms with E-state index in [0.717, 1.165) is 11.1 Å². The molecule has 8 heteroatoms. The minimum atomic E-state index is -0.634. The summed E-state index contributed by atoms with van der Waals surface area (Å²) in [6.07, 6.45) is 0.674. The molecule has 3 rings (SSSR count). The molecule has 0 saturated carbocycles. The fraction of sp³-hybridized carbons (Fsp3) is 0.150. The summed E-state index contributed by atoms with van der Waals surface area (Å²) < 4.78 is 4.91. The van der Waals surface area contributed by atoms with Crippen LogP contribution in [0.4, 0.5) is 16.3 Å². The van der Waals surface area contributed by atoms with Crippen molar-refractivity contribution in [2.45, 2.75) is 13.0 Å². The van der Waals surface area contributed by atoms with Crippen LogP contribution in [0.1, 0.15) is 24.1 Å². The van der Waals surface area contributed by atoms with Crippen molar-refractivity contribution in [1.82, 2.24) is 15.4 Å². The second-order valence-electron chi connectivity index (χ2n) is 5.76. The number of amides is 1. The topological polar surface area (TPSA) is 88.2 Å². The molecule has 0 spiro atoms. The third kappa shape index (κ3) is 4.97. The summed E-state index contributed by atoms with van der Waals surface area (Å²) >= 11 is 6.13. The molecule has 7 nitrogen and oxygen atoms in total. The van der Waals surface area contributed by atoms with E-state index in [-0.39, 0.29) is 23.5 Å². The van der Waals surface area contributed by atoms with Gasteiger partial charge >= 0.3 is 6.09 Å². The van der Waals surface area contributed by atoms with E-state index >= 15 is 0 Å². The minimum Gasteiger partial charge on any atom is -0.450 e. The lowest BCUT2D eigenvalue weighted by Crippen LogP contribution is -2.29. The van der Waals surface area contributed by atoms with Crippen molar-refractivity contribution < 1.29 is 9.53 Å². The van der Waals surface area contributed by atoms with Gasteiger partial charge in [0.1, 0.15) is 12.0 Å². The number of aromatic nitrogens is 2. The average Bonchev–Trinajstić information content (AvgIpc) is 2.72. The van der Waals surface area contributed by atoms with Crippen molar-refractivity contribution in [3.8, 4) is 0 Å². The Hall–Kier alpha value is -3.16. The maximum Gasteiger partial charge on any atom is 0.411 e. The summed E-state index contributed by atoms with van der Waals surface area (Å²) in [5.74, 6) is 0.324. The van der Waals surface area contributed by atoms with E-state index in [0.29, 0.717) is 5.82 Å². The van der Waals surface area contributed by atoms with Gasteiger partial charge in [-0.1, -0.05) is 72.3 Å². The second-order valence-corrected chi connectivity index (χ2v) is 6.12. The van der Waals surface area contributed by atoms with Crippen LogP contribution in [-0.2, 0) is 4.74 Å². The van der Waals surface area contributed by atoms with Crippen molar-refractivity contribution in [2.75, 3.05) is 17.3 Å². The highest BCUT2D eigenvalue weighted by molar-refractivity contribution is 6.33. The largest absolute Gasteiger partial charge is 0.450 e. The van der Waals surface area contributed by atoms with E-state index in [9.17, 15) is 4.79 Å². The van der Waals surface area contributed by atoms with Crippen LogP contribution >= 0.6 is 11.6 Å². The Bertz CT molecular complexity index is 869. The van der Waals surface area contributed by atoms with Gasteiger partial charge in [0, 0.05) is 0 Å². The third-order valence-corrected chi connectivity index (χ3v) is 4.19. The molecule has 0 atom stereocenters. The molecule has 1 amide bonds. The Kier molecular flexibility index (Phi) is 6.78. The molecule has 2 aromatic carbocycles. The maximum absolute atomic E-state index is 11.8. The fourth-order valence-corrected chi connectivity index (χ4v) is 2.81. The van der Waals surface area contributed by atoms with E-state index in [1.54, 1.807) is 6.92 Å². The first-order valence-corrected chi connectivity index (χ1v) is 9.12. The summed E-state index contributed by atoms with van der Waals surface area (Å²) in [5.41, 5.74) is 8.64. The third-order valence-electron chi connectivity index (χ3n) is 3.90. The number of carbonyl (C=O) groups excluding carboxylic acids is 1. The van der Waals surface area contributed by atoms with Gasteiger partial charge in [-0.3, -0.25) is 5.32 Å². The van der Waals surface area contributed by atoms with Crippen LogP contribution in [0.15, 0.2) is 67.0 Å². The van der Waals surface area contributed by atoms with Gasteiger partial charge < -0.3 is 10.2 Å². The molecule has 0 unspecified atom stereocenters. The molecule has 0 aliphatic heterocycles. The number of nitrogens with one attached hydrogen (secondary N) is 3. The number of halogens is 1. The van der Waals surface area contributed by atoms with Crippen molar-refractivity contribution in [3.63, 3.8) is 0 Å². The number of carbonyl (C=O) groups is 1. The molecule has 0 aliphatic carbocycles. The number of anilines is 2. The second kappa shape index (κ2) is 9.68. The molecule has 1 heterocycles. The SMILES string of the molecule is CCOC(=O)Nc1c(Cl)ncnc1NNC(c1ccccc1)c1ccccc1. The number of benzene rings is 2. The van der Waals surface area contributed by atoms with Crippen LogP contribution in [0.2, 0.25) is 5.15 Å². The smallest absolute Gasteiger partial charge is 0.411 e. The van der Waals surface area contributed by atoms with Crippen molar-refractivity contribution in [2.24, 2.45) is 0 Å². The summed E-state index contributed by atoms with van der Waals surface area (Å²) in [6.45, 7) is 1.95. The number of nitrogens with zero attached hydrogens (tertiary/aromatic N) is 2. The van der Waals surface area contributed by atoms with Gasteiger partial charge in [0.25, 0.3) is 0 Å². The first-order valence-electron chi connectivity index (χ1n) is 8.74. The Morgan fingerprint density at radius 1 is 1.04 bits per heavy atom. The van der Waals surface area contributed by atoms with Gasteiger partial charge in [-0.05, 0) is 18.1 Å². The van der Waals surface area contributed by atoms with Gasteiger partial charge in [0.2, 0.25) is 0 Å². The van der Waals surface area contributed by atoms with Crippen molar-refractivity contribution >= 4 is 29.2 Å². The van der Waals surface area contributed by atoms with Gasteiger partial charge in [-0.15, -0.1) is 0 Å². The normalized spacial score (nSPS) is 10.5. The molecular weight excluding hydrogens is 378 g/mol. The van der Waals surface area contributed by atoms with Crippen LogP contribution in [0.25, 0.3) is 0 Å². The quantitative estimate of drug-likeness (QED) is 0.404. The Labute approximate surface area is 168 Å². The molecular formula is C20H20ClN5O2. The maximum atomic E-state index is 11.8. The van der Waals surface area contributed by atoms with Crippen molar-refractivity contribution in [1.29, 1.82) is 0 Å². The van der Waals surface area contributed by atoms with E-state index in [1.807, 2.05) is 60.7 Å². The lowest BCUT2D eigenvalue weighted by atomic mass is 9.99.